The van der Waals surface area contributed by atoms with Crippen molar-refractivity contribution < 1.29 is 19.1 Å². The van der Waals surface area contributed by atoms with E-state index in [4.69, 9.17) is 9.52 Å². The van der Waals surface area contributed by atoms with E-state index >= 15 is 0 Å². The van der Waals surface area contributed by atoms with Crippen LogP contribution >= 0.6 is 0 Å². The van der Waals surface area contributed by atoms with Crippen LogP contribution in [0.5, 0.6) is 0 Å². The van der Waals surface area contributed by atoms with Crippen molar-refractivity contribution in [2.24, 2.45) is 0 Å². The Kier molecular flexibility index (Phi) is 4.57. The van der Waals surface area contributed by atoms with Crippen LogP contribution < -0.4 is 5.32 Å². The first-order valence-electron chi connectivity index (χ1n) is 6.46. The highest BCUT2D eigenvalue weighted by Crippen LogP contribution is 2.10. The molecule has 0 unspecified atom stereocenters. The zero-order chi connectivity index (χ0) is 13.7. The third-order valence-corrected chi connectivity index (χ3v) is 3.25. The summed E-state index contributed by atoms with van der Waals surface area (Å²) in [5.74, 6) is -0.616. The second-order valence-electron chi connectivity index (χ2n) is 4.61. The summed E-state index contributed by atoms with van der Waals surface area (Å²) in [7, 11) is 0. The number of carboxylic acids is 1. The summed E-state index contributed by atoms with van der Waals surface area (Å²) >= 11 is 0. The van der Waals surface area contributed by atoms with Gasteiger partial charge in [-0.1, -0.05) is 0 Å². The lowest BCUT2D eigenvalue weighted by atomic mass is 10.1. The highest BCUT2D eigenvalue weighted by molar-refractivity contribution is 5.88. The average Bonchev–Trinajstić information content (AvgIpc) is 2.88. The Morgan fingerprint density at radius 1 is 1.32 bits per heavy atom. The molecule has 1 aliphatic rings. The Bertz CT molecular complexity index is 449. The lowest BCUT2D eigenvalue weighted by Crippen LogP contribution is -2.41. The van der Waals surface area contributed by atoms with Gasteiger partial charge >= 0.3 is 5.97 Å². The molecule has 0 spiro atoms. The van der Waals surface area contributed by atoms with Gasteiger partial charge in [-0.3, -0.25) is 4.79 Å². The lowest BCUT2D eigenvalue weighted by molar-refractivity contribution is -0.131. The molecule has 0 radical (unpaired) electrons. The molecule has 0 aliphatic carbocycles. The fraction of sp³-hybridized carbons (Fsp3) is 0.538. The van der Waals surface area contributed by atoms with Crippen molar-refractivity contribution in [2.45, 2.75) is 25.8 Å². The first kappa shape index (κ1) is 13.6. The molecule has 1 aromatic rings. The van der Waals surface area contributed by atoms with E-state index in [1.165, 1.54) is 18.8 Å². The Morgan fingerprint density at radius 2 is 2.05 bits per heavy atom. The molecule has 0 saturated carbocycles. The number of carboxylic acid groups (broad SMARTS) is 1. The summed E-state index contributed by atoms with van der Waals surface area (Å²) in [6.07, 6.45) is 4.65. The number of hydrogen-bond acceptors (Lipinski definition) is 4. The highest BCUT2D eigenvalue weighted by Gasteiger charge is 2.17. The van der Waals surface area contributed by atoms with Crippen molar-refractivity contribution in [1.82, 2.24) is 10.2 Å². The summed E-state index contributed by atoms with van der Waals surface area (Å²) in [6.45, 7) is 2.09. The quantitative estimate of drug-likeness (QED) is 0.833. The van der Waals surface area contributed by atoms with Crippen LogP contribution in [0.15, 0.2) is 16.7 Å². The topological polar surface area (TPSA) is 82.8 Å². The van der Waals surface area contributed by atoms with Crippen molar-refractivity contribution in [3.8, 4) is 0 Å². The SMILES string of the molecule is O=C(O)c1ccoc1CNCC(=O)N1CCCCC1. The highest BCUT2D eigenvalue weighted by atomic mass is 16.4. The maximum absolute atomic E-state index is 11.9. The van der Waals surface area contributed by atoms with Gasteiger partial charge < -0.3 is 19.7 Å². The number of aromatic carboxylic acids is 1. The molecule has 1 amide bonds. The molecule has 2 heterocycles. The Hall–Kier alpha value is -1.82. The minimum atomic E-state index is -1.02. The largest absolute Gasteiger partial charge is 0.478 e. The monoisotopic (exact) mass is 266 g/mol. The van der Waals surface area contributed by atoms with Gasteiger partial charge in [-0.25, -0.2) is 4.79 Å². The van der Waals surface area contributed by atoms with Gasteiger partial charge in [0, 0.05) is 13.1 Å². The third-order valence-electron chi connectivity index (χ3n) is 3.25. The predicted octanol–water partition coefficient (Wildman–Crippen LogP) is 1.08. The molecule has 6 heteroatoms. The van der Waals surface area contributed by atoms with Crippen LogP contribution in [0.4, 0.5) is 0 Å². The van der Waals surface area contributed by atoms with Gasteiger partial charge in [0.2, 0.25) is 5.91 Å². The lowest BCUT2D eigenvalue weighted by Gasteiger charge is -2.26. The molecule has 104 valence electrons. The Balaban J connectivity index is 1.78. The van der Waals surface area contributed by atoms with Gasteiger partial charge in [0.25, 0.3) is 0 Å². The molecular weight excluding hydrogens is 248 g/mol. The first-order valence-corrected chi connectivity index (χ1v) is 6.46. The summed E-state index contributed by atoms with van der Waals surface area (Å²) in [5.41, 5.74) is 0.137. The van der Waals surface area contributed by atoms with Crippen LogP contribution in [0.1, 0.15) is 35.4 Å². The van der Waals surface area contributed by atoms with Crippen molar-refractivity contribution >= 4 is 11.9 Å². The van der Waals surface area contributed by atoms with E-state index in [9.17, 15) is 9.59 Å². The Labute approximate surface area is 111 Å². The van der Waals surface area contributed by atoms with Crippen LogP contribution in [0.25, 0.3) is 0 Å². The number of rotatable bonds is 5. The zero-order valence-electron chi connectivity index (χ0n) is 10.7. The molecule has 0 atom stereocenters. The summed E-state index contributed by atoms with van der Waals surface area (Å²) < 4.78 is 5.09. The van der Waals surface area contributed by atoms with E-state index < -0.39 is 5.97 Å². The van der Waals surface area contributed by atoms with Crippen molar-refractivity contribution in [3.63, 3.8) is 0 Å². The molecule has 0 aromatic carbocycles. The van der Waals surface area contributed by atoms with E-state index in [-0.39, 0.29) is 24.6 Å². The number of piperidine rings is 1. The number of nitrogens with zero attached hydrogens (tertiary/aromatic N) is 1. The molecule has 19 heavy (non-hydrogen) atoms. The van der Waals surface area contributed by atoms with Gasteiger partial charge in [-0.05, 0) is 25.3 Å². The van der Waals surface area contributed by atoms with E-state index in [0.29, 0.717) is 5.76 Å². The first-order chi connectivity index (χ1) is 9.18. The van der Waals surface area contributed by atoms with Crippen LogP contribution in [0.3, 0.4) is 0 Å². The number of furan rings is 1. The number of likely N-dealkylation sites (tertiary alicyclic amines) is 1. The van der Waals surface area contributed by atoms with Gasteiger partial charge in [0.05, 0.1) is 19.4 Å². The smallest absolute Gasteiger partial charge is 0.339 e. The summed E-state index contributed by atoms with van der Waals surface area (Å²) in [5, 5.41) is 11.8. The molecular formula is C13H18N2O4. The van der Waals surface area contributed by atoms with Gasteiger partial charge in [-0.15, -0.1) is 0 Å². The second-order valence-corrected chi connectivity index (χ2v) is 4.61. The van der Waals surface area contributed by atoms with Gasteiger partial charge in [0.1, 0.15) is 11.3 Å². The van der Waals surface area contributed by atoms with Crippen molar-refractivity contribution in [3.05, 3.63) is 23.7 Å². The van der Waals surface area contributed by atoms with Crippen LogP contribution in [-0.4, -0.2) is 41.5 Å². The van der Waals surface area contributed by atoms with Gasteiger partial charge in [0.15, 0.2) is 0 Å². The molecule has 0 bridgehead atoms. The van der Waals surface area contributed by atoms with Crippen molar-refractivity contribution in [1.29, 1.82) is 0 Å². The minimum Gasteiger partial charge on any atom is -0.478 e. The fourth-order valence-electron chi connectivity index (χ4n) is 2.21. The second kappa shape index (κ2) is 6.38. The molecule has 6 nitrogen and oxygen atoms in total. The van der Waals surface area contributed by atoms with E-state index in [1.807, 2.05) is 4.90 Å². The molecule has 1 aromatic heterocycles. The number of amides is 1. The molecule has 1 fully saturated rings. The number of carbonyl (C=O) groups excluding carboxylic acids is 1. The molecule has 2 rings (SSSR count). The van der Waals surface area contributed by atoms with E-state index in [2.05, 4.69) is 5.32 Å². The third kappa shape index (κ3) is 3.57. The standard InChI is InChI=1S/C13H18N2O4/c16-12(15-5-2-1-3-6-15)9-14-8-11-10(13(17)18)4-7-19-11/h4,7,14H,1-3,5-6,8-9H2,(H,17,18). The maximum atomic E-state index is 11.9. The number of carbonyl (C=O) groups is 2. The van der Waals surface area contributed by atoms with Crippen LogP contribution in [0.2, 0.25) is 0 Å². The van der Waals surface area contributed by atoms with Crippen molar-refractivity contribution in [2.75, 3.05) is 19.6 Å². The van der Waals surface area contributed by atoms with E-state index in [0.717, 1.165) is 25.9 Å². The number of nitrogens with one attached hydrogen (secondary N) is 1. The zero-order valence-corrected chi connectivity index (χ0v) is 10.7. The minimum absolute atomic E-state index is 0.0585. The van der Waals surface area contributed by atoms with Crippen LogP contribution in [-0.2, 0) is 11.3 Å². The fourth-order valence-corrected chi connectivity index (χ4v) is 2.21. The Morgan fingerprint density at radius 3 is 2.74 bits per heavy atom. The normalized spacial score (nSPS) is 15.5. The number of hydrogen-bond donors (Lipinski definition) is 2. The average molecular weight is 266 g/mol. The predicted molar refractivity (Wildman–Crippen MR) is 67.8 cm³/mol. The van der Waals surface area contributed by atoms with Gasteiger partial charge in [-0.2, -0.15) is 0 Å². The maximum Gasteiger partial charge on any atom is 0.339 e. The molecule has 1 saturated heterocycles. The summed E-state index contributed by atoms with van der Waals surface area (Å²) in [4.78, 5) is 24.6. The van der Waals surface area contributed by atoms with E-state index in [1.54, 1.807) is 0 Å². The molecule has 2 N–H and O–H groups in total. The molecule has 1 aliphatic heterocycles. The van der Waals surface area contributed by atoms with Crippen LogP contribution in [0, 0.1) is 0 Å². The summed E-state index contributed by atoms with van der Waals surface area (Å²) in [6, 6.07) is 1.41.